The molecule has 1 aromatic heterocycles. The van der Waals surface area contributed by atoms with Crippen molar-refractivity contribution in [3.8, 4) is 6.07 Å². The monoisotopic (exact) mass is 306 g/mol. The molecule has 2 heterocycles. The molecule has 2 rings (SSSR count). The third-order valence-electron chi connectivity index (χ3n) is 3.39. The smallest absolute Gasteiger partial charge is 0.263 e. The molecule has 4 N–H and O–H groups in total. The Hall–Kier alpha value is -2.04. The van der Waals surface area contributed by atoms with E-state index in [1.807, 2.05) is 4.90 Å². The van der Waals surface area contributed by atoms with Crippen molar-refractivity contribution in [1.82, 2.24) is 5.32 Å². The van der Waals surface area contributed by atoms with Crippen LogP contribution in [0, 0.1) is 11.3 Å². The second-order valence-electron chi connectivity index (χ2n) is 5.30. The second kappa shape index (κ2) is 5.76. The average molecular weight is 306 g/mol. The molecule has 1 atom stereocenters. The van der Waals surface area contributed by atoms with Gasteiger partial charge in [-0.3, -0.25) is 4.79 Å². The zero-order chi connectivity index (χ0) is 15.6. The molecular formula is C14H18N4O2S. The number of nitrogen functional groups attached to an aromatic ring is 1. The van der Waals surface area contributed by atoms with Crippen molar-refractivity contribution in [3.63, 3.8) is 0 Å². The number of nitrogens with zero attached hydrogens (tertiary/aromatic N) is 2. The fourth-order valence-electron chi connectivity index (χ4n) is 2.29. The van der Waals surface area contributed by atoms with Gasteiger partial charge in [0.05, 0.1) is 11.3 Å². The summed E-state index contributed by atoms with van der Waals surface area (Å²) in [6, 6.07) is 2.06. The van der Waals surface area contributed by atoms with Gasteiger partial charge in [0.1, 0.15) is 21.5 Å². The van der Waals surface area contributed by atoms with E-state index in [2.05, 4.69) is 18.0 Å². The summed E-state index contributed by atoms with van der Waals surface area (Å²) in [4.78, 5) is 14.3. The summed E-state index contributed by atoms with van der Waals surface area (Å²) in [5.74, 6) is -0.314. The number of anilines is 2. The molecule has 7 heteroatoms. The zero-order valence-corrected chi connectivity index (χ0v) is 12.7. The van der Waals surface area contributed by atoms with Crippen LogP contribution in [0.15, 0.2) is 12.7 Å². The van der Waals surface area contributed by atoms with Crippen molar-refractivity contribution in [1.29, 1.82) is 5.26 Å². The van der Waals surface area contributed by atoms with E-state index in [0.29, 0.717) is 41.5 Å². The number of amides is 1. The molecule has 0 saturated carbocycles. The molecule has 6 nitrogen and oxygen atoms in total. The lowest BCUT2D eigenvalue weighted by Gasteiger charge is -2.19. The zero-order valence-electron chi connectivity index (χ0n) is 11.8. The van der Waals surface area contributed by atoms with Crippen LogP contribution in [0.2, 0.25) is 0 Å². The van der Waals surface area contributed by atoms with E-state index in [0.717, 1.165) is 0 Å². The maximum Gasteiger partial charge on any atom is 0.263 e. The maximum absolute atomic E-state index is 12.0. The highest BCUT2D eigenvalue weighted by atomic mass is 32.1. The minimum Gasteiger partial charge on any atom is -0.396 e. The summed E-state index contributed by atoms with van der Waals surface area (Å²) in [7, 11) is 0. The lowest BCUT2D eigenvalue weighted by molar-refractivity contribution is 0.0839. The number of rotatable bonds is 4. The van der Waals surface area contributed by atoms with Gasteiger partial charge in [-0.15, -0.1) is 17.9 Å². The molecule has 1 unspecified atom stereocenters. The number of nitriles is 1. The van der Waals surface area contributed by atoms with Gasteiger partial charge in [-0.2, -0.15) is 5.26 Å². The summed E-state index contributed by atoms with van der Waals surface area (Å²) >= 11 is 1.19. The van der Waals surface area contributed by atoms with Crippen LogP contribution in [-0.2, 0) is 0 Å². The first-order chi connectivity index (χ1) is 9.89. The van der Waals surface area contributed by atoms with Crippen LogP contribution in [0.5, 0.6) is 0 Å². The maximum atomic E-state index is 12.0. The van der Waals surface area contributed by atoms with Crippen molar-refractivity contribution in [2.45, 2.75) is 18.9 Å². The van der Waals surface area contributed by atoms with Gasteiger partial charge in [0.25, 0.3) is 5.91 Å². The lowest BCUT2D eigenvalue weighted by Crippen LogP contribution is -2.29. The van der Waals surface area contributed by atoms with Gasteiger partial charge in [0.15, 0.2) is 0 Å². The number of hydrogen-bond acceptors (Lipinski definition) is 6. The molecule has 0 bridgehead atoms. The number of nitrogens with two attached hydrogens (primary N) is 1. The first kappa shape index (κ1) is 15.4. The highest BCUT2D eigenvalue weighted by Crippen LogP contribution is 2.40. The van der Waals surface area contributed by atoms with E-state index in [-0.39, 0.29) is 11.6 Å². The highest BCUT2D eigenvalue weighted by Gasteiger charge is 2.34. The highest BCUT2D eigenvalue weighted by molar-refractivity contribution is 7.19. The van der Waals surface area contributed by atoms with E-state index in [1.54, 1.807) is 13.0 Å². The van der Waals surface area contributed by atoms with Crippen LogP contribution in [0.4, 0.5) is 10.7 Å². The molecule has 1 saturated heterocycles. The van der Waals surface area contributed by atoms with Crippen LogP contribution < -0.4 is 16.0 Å². The van der Waals surface area contributed by atoms with Crippen LogP contribution in [-0.4, -0.2) is 36.2 Å². The second-order valence-corrected chi connectivity index (χ2v) is 6.30. The molecule has 112 valence electrons. The van der Waals surface area contributed by atoms with E-state index in [1.165, 1.54) is 11.3 Å². The number of β-amino-alcohol motifs (C(OH)–C–C–N with tert-alkyl or cyclic N) is 1. The minimum absolute atomic E-state index is 0.200. The molecule has 21 heavy (non-hydrogen) atoms. The fourth-order valence-corrected chi connectivity index (χ4v) is 3.41. The van der Waals surface area contributed by atoms with Gasteiger partial charge in [0.2, 0.25) is 0 Å². The molecule has 1 fully saturated rings. The summed E-state index contributed by atoms with van der Waals surface area (Å²) in [5.41, 5.74) is 5.66. The van der Waals surface area contributed by atoms with Crippen molar-refractivity contribution in [2.75, 3.05) is 30.3 Å². The van der Waals surface area contributed by atoms with Crippen LogP contribution in [0.1, 0.15) is 28.6 Å². The molecule has 1 amide bonds. The van der Waals surface area contributed by atoms with Crippen LogP contribution >= 0.6 is 11.3 Å². The van der Waals surface area contributed by atoms with Crippen molar-refractivity contribution in [3.05, 3.63) is 23.1 Å². The summed E-state index contributed by atoms with van der Waals surface area (Å²) in [6.45, 7) is 6.69. The Bertz CT molecular complexity index is 615. The Kier molecular flexibility index (Phi) is 4.21. The molecule has 0 radical (unpaired) electrons. The largest absolute Gasteiger partial charge is 0.396 e. The van der Waals surface area contributed by atoms with E-state index in [4.69, 9.17) is 5.73 Å². The first-order valence-corrected chi connectivity index (χ1v) is 7.40. The van der Waals surface area contributed by atoms with E-state index < -0.39 is 5.60 Å². The Morgan fingerprint density at radius 3 is 3.00 bits per heavy atom. The lowest BCUT2D eigenvalue weighted by atomic mass is 10.1. The average Bonchev–Trinajstić information content (AvgIpc) is 2.95. The van der Waals surface area contributed by atoms with Crippen molar-refractivity contribution in [2.24, 2.45) is 0 Å². The van der Waals surface area contributed by atoms with Gasteiger partial charge in [-0.1, -0.05) is 6.08 Å². The number of aliphatic hydroxyl groups is 1. The van der Waals surface area contributed by atoms with Gasteiger partial charge < -0.3 is 21.1 Å². The topological polar surface area (TPSA) is 102 Å². The molecule has 0 aromatic carbocycles. The number of carbonyl (C=O) groups excluding carboxylic acids is 1. The Balaban J connectivity index is 2.33. The Morgan fingerprint density at radius 1 is 1.76 bits per heavy atom. The Morgan fingerprint density at radius 2 is 2.48 bits per heavy atom. The van der Waals surface area contributed by atoms with Crippen molar-refractivity contribution >= 4 is 27.9 Å². The fraction of sp³-hybridized carbons (Fsp3) is 0.429. The van der Waals surface area contributed by atoms with Crippen molar-refractivity contribution < 1.29 is 9.90 Å². The van der Waals surface area contributed by atoms with Crippen LogP contribution in [0.25, 0.3) is 0 Å². The van der Waals surface area contributed by atoms with E-state index >= 15 is 0 Å². The molecule has 1 aliphatic rings. The summed E-state index contributed by atoms with van der Waals surface area (Å²) in [5, 5.41) is 22.7. The summed E-state index contributed by atoms with van der Waals surface area (Å²) < 4.78 is 0. The Labute approximate surface area is 127 Å². The summed E-state index contributed by atoms with van der Waals surface area (Å²) in [6.07, 6.45) is 2.19. The standard InChI is InChI=1S/C14H18N4O2S/c1-3-5-17-12(19)11-10(16)9(7-15)13(21-11)18-6-4-14(2,20)8-18/h3,20H,1,4-6,8,16H2,2H3,(H,17,19). The predicted octanol–water partition coefficient (Wildman–Crippen LogP) is 1.08. The molecule has 1 aromatic rings. The van der Waals surface area contributed by atoms with Gasteiger partial charge in [-0.05, 0) is 13.3 Å². The van der Waals surface area contributed by atoms with Gasteiger partial charge in [0, 0.05) is 19.6 Å². The SMILES string of the molecule is C=CCNC(=O)c1sc(N2CCC(C)(O)C2)c(C#N)c1N. The molecular weight excluding hydrogens is 288 g/mol. The third-order valence-corrected chi connectivity index (χ3v) is 4.66. The molecule has 0 spiro atoms. The first-order valence-electron chi connectivity index (χ1n) is 6.58. The quantitative estimate of drug-likeness (QED) is 0.722. The number of thiophene rings is 1. The van der Waals surface area contributed by atoms with Crippen LogP contribution in [0.3, 0.4) is 0 Å². The molecule has 0 aliphatic carbocycles. The number of nitrogens with one attached hydrogen (secondary N) is 1. The molecule has 1 aliphatic heterocycles. The van der Waals surface area contributed by atoms with Gasteiger partial charge >= 0.3 is 0 Å². The predicted molar refractivity (Wildman–Crippen MR) is 83.4 cm³/mol. The van der Waals surface area contributed by atoms with E-state index in [9.17, 15) is 15.2 Å². The van der Waals surface area contributed by atoms with Gasteiger partial charge in [-0.25, -0.2) is 0 Å². The minimum atomic E-state index is -0.781. The third kappa shape index (κ3) is 3.01. The normalized spacial score (nSPS) is 21.1. The number of hydrogen-bond donors (Lipinski definition) is 3. The number of carbonyl (C=O) groups is 1.